The molecule has 0 saturated carbocycles. The summed E-state index contributed by atoms with van der Waals surface area (Å²) in [6, 6.07) is 0. The number of unbranched alkanes of at least 4 members (excludes halogenated alkanes) is 24. The molecule has 0 rings (SSSR count). The molecule has 0 heterocycles. The zero-order valence-electron chi connectivity index (χ0n) is 27.8. The molecule has 0 saturated heterocycles. The van der Waals surface area contributed by atoms with Gasteiger partial charge in [-0.15, -0.1) is 0 Å². The fourth-order valence-electron chi connectivity index (χ4n) is 5.50. The molecular formula is C36H74KO. The van der Waals surface area contributed by atoms with E-state index >= 15 is 0 Å². The quantitative estimate of drug-likeness (QED) is 0.0586. The Labute approximate surface area is 286 Å². The Hall–Kier alpha value is 1.60. The molecule has 225 valence electrons. The van der Waals surface area contributed by atoms with Crippen LogP contribution in [0.15, 0.2) is 0 Å². The molecule has 0 fully saturated rings. The molecule has 0 aromatic heterocycles. The van der Waals surface area contributed by atoms with Crippen molar-refractivity contribution in [2.24, 2.45) is 11.8 Å². The molecule has 0 aromatic carbocycles. The SMILES string of the molecule is CC(C)CCCCCCCCCCCCCCCOCCCCCCCCCCCCCCCC(C)C.[K]. The summed E-state index contributed by atoms with van der Waals surface area (Å²) < 4.78 is 5.87. The predicted octanol–water partition coefficient (Wildman–Crippen LogP) is 12.9. The summed E-state index contributed by atoms with van der Waals surface area (Å²) in [7, 11) is 0. The Morgan fingerprint density at radius 3 is 0.684 bits per heavy atom. The second-order valence-corrected chi connectivity index (χ2v) is 13.2. The van der Waals surface area contributed by atoms with Gasteiger partial charge in [0.1, 0.15) is 0 Å². The van der Waals surface area contributed by atoms with Crippen molar-refractivity contribution in [1.29, 1.82) is 0 Å². The third-order valence-corrected chi connectivity index (χ3v) is 8.14. The van der Waals surface area contributed by atoms with Crippen LogP contribution in [0.2, 0.25) is 0 Å². The first-order valence-electron chi connectivity index (χ1n) is 17.7. The van der Waals surface area contributed by atoms with Crippen LogP contribution in [0.25, 0.3) is 0 Å². The van der Waals surface area contributed by atoms with Gasteiger partial charge in [0.05, 0.1) is 0 Å². The third-order valence-electron chi connectivity index (χ3n) is 8.14. The molecule has 0 aromatic rings. The first-order chi connectivity index (χ1) is 18.1. The molecule has 0 spiro atoms. The van der Waals surface area contributed by atoms with Gasteiger partial charge < -0.3 is 4.74 Å². The summed E-state index contributed by atoms with van der Waals surface area (Å²) in [5, 5.41) is 0. The molecule has 0 atom stereocenters. The van der Waals surface area contributed by atoms with Gasteiger partial charge in [0.2, 0.25) is 0 Å². The van der Waals surface area contributed by atoms with Gasteiger partial charge in [-0.25, -0.2) is 0 Å². The van der Waals surface area contributed by atoms with E-state index in [4.69, 9.17) is 4.74 Å². The fraction of sp³-hybridized carbons (Fsp3) is 1.00. The van der Waals surface area contributed by atoms with Gasteiger partial charge in [0, 0.05) is 64.6 Å². The van der Waals surface area contributed by atoms with Crippen LogP contribution >= 0.6 is 0 Å². The van der Waals surface area contributed by atoms with Crippen molar-refractivity contribution in [2.45, 2.75) is 207 Å². The van der Waals surface area contributed by atoms with Gasteiger partial charge in [-0.1, -0.05) is 195 Å². The predicted molar refractivity (Wildman–Crippen MR) is 176 cm³/mol. The zero-order valence-corrected chi connectivity index (χ0v) is 30.9. The molecular weight excluding hydrogens is 487 g/mol. The van der Waals surface area contributed by atoms with E-state index in [1.807, 2.05) is 0 Å². The summed E-state index contributed by atoms with van der Waals surface area (Å²) >= 11 is 0. The second-order valence-electron chi connectivity index (χ2n) is 13.2. The Morgan fingerprint density at radius 2 is 0.474 bits per heavy atom. The molecule has 2 heteroatoms. The van der Waals surface area contributed by atoms with Gasteiger partial charge in [-0.05, 0) is 24.7 Å². The maximum atomic E-state index is 5.87. The normalized spacial score (nSPS) is 11.5. The van der Waals surface area contributed by atoms with Gasteiger partial charge in [-0.2, -0.15) is 0 Å². The average molecular weight is 562 g/mol. The van der Waals surface area contributed by atoms with Crippen LogP contribution in [0.3, 0.4) is 0 Å². The van der Waals surface area contributed by atoms with Gasteiger partial charge >= 0.3 is 0 Å². The summed E-state index contributed by atoms with van der Waals surface area (Å²) in [4.78, 5) is 0. The van der Waals surface area contributed by atoms with E-state index in [0.717, 1.165) is 25.0 Å². The van der Waals surface area contributed by atoms with E-state index in [1.54, 1.807) is 0 Å². The summed E-state index contributed by atoms with van der Waals surface area (Å²) in [6.45, 7) is 11.4. The van der Waals surface area contributed by atoms with Crippen molar-refractivity contribution in [3.05, 3.63) is 0 Å². The minimum atomic E-state index is 0. The smallest absolute Gasteiger partial charge is 0.0466 e. The van der Waals surface area contributed by atoms with Crippen LogP contribution < -0.4 is 0 Å². The van der Waals surface area contributed by atoms with Crippen LogP contribution in [0, 0.1) is 11.8 Å². The van der Waals surface area contributed by atoms with E-state index in [2.05, 4.69) is 27.7 Å². The number of hydrogen-bond donors (Lipinski definition) is 0. The maximum absolute atomic E-state index is 5.87. The molecule has 0 aliphatic heterocycles. The Morgan fingerprint density at radius 1 is 0.289 bits per heavy atom. The van der Waals surface area contributed by atoms with Crippen LogP contribution in [0.4, 0.5) is 0 Å². The van der Waals surface area contributed by atoms with Crippen molar-refractivity contribution in [2.75, 3.05) is 13.2 Å². The van der Waals surface area contributed by atoms with Crippen molar-refractivity contribution < 1.29 is 4.74 Å². The first kappa shape index (κ1) is 41.7. The van der Waals surface area contributed by atoms with Crippen molar-refractivity contribution in [3.63, 3.8) is 0 Å². The van der Waals surface area contributed by atoms with Crippen molar-refractivity contribution >= 4 is 51.4 Å². The van der Waals surface area contributed by atoms with Crippen molar-refractivity contribution in [1.82, 2.24) is 0 Å². The molecule has 38 heavy (non-hydrogen) atoms. The minimum absolute atomic E-state index is 0. The van der Waals surface area contributed by atoms with Crippen LogP contribution in [0.1, 0.15) is 207 Å². The molecule has 1 radical (unpaired) electrons. The van der Waals surface area contributed by atoms with E-state index in [1.165, 1.54) is 180 Å². The topological polar surface area (TPSA) is 9.23 Å². The van der Waals surface area contributed by atoms with Crippen LogP contribution in [0.5, 0.6) is 0 Å². The average Bonchev–Trinajstić information content (AvgIpc) is 2.87. The number of ether oxygens (including phenoxy) is 1. The number of rotatable bonds is 32. The van der Waals surface area contributed by atoms with E-state index in [0.29, 0.717) is 0 Å². The molecule has 0 N–H and O–H groups in total. The summed E-state index contributed by atoms with van der Waals surface area (Å²) in [5.74, 6) is 1.78. The molecule has 0 aliphatic carbocycles. The molecule has 1 nitrogen and oxygen atoms in total. The minimum Gasteiger partial charge on any atom is -0.381 e. The largest absolute Gasteiger partial charge is 0.381 e. The molecule has 0 aliphatic rings. The standard InChI is InChI=1S/C36H74O.K/c1-35(2)31-27-23-19-15-11-7-5-9-13-17-21-25-29-33-37-34-30-26-22-18-14-10-6-8-12-16-20-24-28-32-36(3)4;/h35-36H,5-34H2,1-4H3;. The molecule has 0 unspecified atom stereocenters. The fourth-order valence-corrected chi connectivity index (χ4v) is 5.50. The Bertz CT molecular complexity index is 359. The Kier molecular flexibility index (Phi) is 40.2. The molecule has 0 amide bonds. The summed E-state index contributed by atoms with van der Waals surface area (Å²) in [5.41, 5.74) is 0. The van der Waals surface area contributed by atoms with E-state index in [-0.39, 0.29) is 51.4 Å². The zero-order chi connectivity index (χ0) is 27.1. The van der Waals surface area contributed by atoms with Crippen LogP contribution in [-0.4, -0.2) is 64.6 Å². The van der Waals surface area contributed by atoms with Gasteiger partial charge in [0.15, 0.2) is 0 Å². The Balaban J connectivity index is 0. The van der Waals surface area contributed by atoms with Crippen molar-refractivity contribution in [3.8, 4) is 0 Å². The second kappa shape index (κ2) is 36.6. The summed E-state index contributed by atoms with van der Waals surface area (Å²) in [6.07, 6.45) is 40.2. The molecule has 0 bridgehead atoms. The van der Waals surface area contributed by atoms with Crippen LogP contribution in [-0.2, 0) is 4.74 Å². The van der Waals surface area contributed by atoms with E-state index in [9.17, 15) is 0 Å². The van der Waals surface area contributed by atoms with Gasteiger partial charge in [-0.3, -0.25) is 0 Å². The third kappa shape index (κ3) is 39.7. The number of hydrogen-bond acceptors (Lipinski definition) is 1. The first-order valence-corrected chi connectivity index (χ1v) is 17.7. The maximum Gasteiger partial charge on any atom is 0.0466 e. The van der Waals surface area contributed by atoms with Gasteiger partial charge in [0.25, 0.3) is 0 Å². The van der Waals surface area contributed by atoms with E-state index < -0.39 is 0 Å². The monoisotopic (exact) mass is 562 g/mol.